The van der Waals surface area contributed by atoms with Crippen LogP contribution in [0.5, 0.6) is 0 Å². The number of aryl methyl sites for hydroxylation is 1. The predicted molar refractivity (Wildman–Crippen MR) is 88.2 cm³/mol. The van der Waals surface area contributed by atoms with Gasteiger partial charge in [0, 0.05) is 17.8 Å². The normalized spacial score (nSPS) is 10.2. The molecule has 25 heavy (non-hydrogen) atoms. The van der Waals surface area contributed by atoms with Gasteiger partial charge >= 0.3 is 5.97 Å². The lowest BCUT2D eigenvalue weighted by Gasteiger charge is -2.08. The highest BCUT2D eigenvalue weighted by molar-refractivity contribution is 6.33. The Morgan fingerprint density at radius 1 is 1.28 bits per heavy atom. The maximum absolute atomic E-state index is 13.4. The average molecular weight is 367 g/mol. The number of carbonyl (C=O) groups is 2. The van der Waals surface area contributed by atoms with Gasteiger partial charge in [-0.3, -0.25) is 14.9 Å². The average Bonchev–Trinajstić information content (AvgIpc) is 2.56. The summed E-state index contributed by atoms with van der Waals surface area (Å²) in [7, 11) is 0. The third-order valence-corrected chi connectivity index (χ3v) is 3.50. The topological polar surface area (TPSA) is 98.5 Å². The van der Waals surface area contributed by atoms with E-state index in [9.17, 15) is 24.1 Å². The monoisotopic (exact) mass is 366 g/mol. The van der Waals surface area contributed by atoms with Gasteiger partial charge in [0.1, 0.15) is 5.82 Å². The lowest BCUT2D eigenvalue weighted by Crippen LogP contribution is -2.21. The molecule has 2 rings (SSSR count). The first kappa shape index (κ1) is 18.3. The first-order valence-corrected chi connectivity index (χ1v) is 7.33. The molecule has 9 heteroatoms. The van der Waals surface area contributed by atoms with E-state index in [1.807, 2.05) is 0 Å². The molecule has 0 radical (unpaired) electrons. The van der Waals surface area contributed by atoms with Gasteiger partial charge in [-0.15, -0.1) is 0 Å². The number of nitro groups is 1. The molecule has 0 spiro atoms. The van der Waals surface area contributed by atoms with E-state index in [-0.39, 0.29) is 22.0 Å². The highest BCUT2D eigenvalue weighted by Gasteiger charge is 2.18. The zero-order chi connectivity index (χ0) is 18.6. The van der Waals surface area contributed by atoms with Crippen molar-refractivity contribution in [2.75, 3.05) is 11.9 Å². The van der Waals surface area contributed by atoms with Crippen LogP contribution in [0.4, 0.5) is 15.8 Å². The molecule has 0 unspecified atom stereocenters. The number of nitrogens with one attached hydrogen (secondary N) is 1. The molecule has 0 fully saturated rings. The minimum atomic E-state index is -0.987. The second-order valence-corrected chi connectivity index (χ2v) is 5.42. The Morgan fingerprint density at radius 3 is 2.64 bits per heavy atom. The molecule has 0 aliphatic rings. The molecule has 130 valence electrons. The van der Waals surface area contributed by atoms with Crippen LogP contribution in [0.3, 0.4) is 0 Å². The summed E-state index contributed by atoms with van der Waals surface area (Å²) in [5.41, 5.74) is 0.0586. The van der Waals surface area contributed by atoms with Crippen molar-refractivity contribution >= 4 is 34.9 Å². The van der Waals surface area contributed by atoms with Crippen molar-refractivity contribution in [2.45, 2.75) is 6.92 Å². The summed E-state index contributed by atoms with van der Waals surface area (Å²) in [6, 6.07) is 7.39. The summed E-state index contributed by atoms with van der Waals surface area (Å²) >= 11 is 5.81. The van der Waals surface area contributed by atoms with Crippen molar-refractivity contribution in [1.82, 2.24) is 0 Å². The molecule has 7 nitrogen and oxygen atoms in total. The highest BCUT2D eigenvalue weighted by atomic mass is 35.5. The predicted octanol–water partition coefficient (Wildman–Crippen LogP) is 3.49. The lowest BCUT2D eigenvalue weighted by molar-refractivity contribution is -0.384. The van der Waals surface area contributed by atoms with Crippen molar-refractivity contribution in [1.29, 1.82) is 0 Å². The molecular weight excluding hydrogens is 355 g/mol. The maximum atomic E-state index is 13.4. The number of hydrogen-bond donors (Lipinski definition) is 1. The number of ether oxygens (including phenoxy) is 1. The summed E-state index contributed by atoms with van der Waals surface area (Å²) in [5, 5.41) is 13.0. The Kier molecular flexibility index (Phi) is 5.66. The van der Waals surface area contributed by atoms with E-state index >= 15 is 0 Å². The standard InChI is InChI=1S/C16H12ClFN2O5/c1-9-2-3-10(6-14(9)18)19-15(21)8-25-16(22)12-7-11(20(23)24)4-5-13(12)17/h2-7H,8H2,1H3,(H,19,21). The van der Waals surface area contributed by atoms with E-state index in [2.05, 4.69) is 5.32 Å². The summed E-state index contributed by atoms with van der Waals surface area (Å²) in [4.78, 5) is 33.7. The van der Waals surface area contributed by atoms with Crippen LogP contribution < -0.4 is 5.32 Å². The van der Waals surface area contributed by atoms with E-state index in [0.717, 1.165) is 18.2 Å². The number of nitro benzene ring substituents is 1. The molecule has 0 atom stereocenters. The third kappa shape index (κ3) is 4.74. The fraction of sp³-hybridized carbons (Fsp3) is 0.125. The van der Waals surface area contributed by atoms with Gasteiger partial charge in [0.15, 0.2) is 6.61 Å². The van der Waals surface area contributed by atoms with E-state index < -0.39 is 29.2 Å². The van der Waals surface area contributed by atoms with Crippen molar-refractivity contribution in [3.05, 3.63) is 68.5 Å². The minimum absolute atomic E-state index is 0.0448. The molecule has 0 aliphatic carbocycles. The summed E-state index contributed by atoms with van der Waals surface area (Å²) in [6.07, 6.45) is 0. The number of anilines is 1. The van der Waals surface area contributed by atoms with Gasteiger partial charge in [0.05, 0.1) is 15.5 Å². The molecule has 0 saturated carbocycles. The van der Waals surface area contributed by atoms with Crippen molar-refractivity contribution in [3.63, 3.8) is 0 Å². The van der Waals surface area contributed by atoms with E-state index in [4.69, 9.17) is 16.3 Å². The number of amides is 1. The Morgan fingerprint density at radius 2 is 2.00 bits per heavy atom. The Labute approximate surface area is 146 Å². The van der Waals surface area contributed by atoms with Gasteiger partial charge < -0.3 is 10.1 Å². The van der Waals surface area contributed by atoms with Gasteiger partial charge in [-0.25, -0.2) is 9.18 Å². The Hall–Kier alpha value is -3.00. The number of halogens is 2. The van der Waals surface area contributed by atoms with Gasteiger partial charge in [0.2, 0.25) is 0 Å². The lowest BCUT2D eigenvalue weighted by atomic mass is 10.2. The van der Waals surface area contributed by atoms with Gasteiger partial charge in [-0.2, -0.15) is 0 Å². The molecule has 0 bridgehead atoms. The first-order valence-electron chi connectivity index (χ1n) is 6.95. The summed E-state index contributed by atoms with van der Waals surface area (Å²) in [6.45, 7) is 0.916. The van der Waals surface area contributed by atoms with Crippen molar-refractivity contribution in [2.24, 2.45) is 0 Å². The van der Waals surface area contributed by atoms with Crippen LogP contribution in [-0.2, 0) is 9.53 Å². The van der Waals surface area contributed by atoms with E-state index in [0.29, 0.717) is 5.56 Å². The maximum Gasteiger partial charge on any atom is 0.340 e. The van der Waals surface area contributed by atoms with Crippen LogP contribution in [0, 0.1) is 22.9 Å². The van der Waals surface area contributed by atoms with Gasteiger partial charge in [-0.05, 0) is 30.7 Å². The fourth-order valence-corrected chi connectivity index (χ4v) is 2.05. The fourth-order valence-electron chi connectivity index (χ4n) is 1.86. The van der Waals surface area contributed by atoms with Crippen LogP contribution in [0.25, 0.3) is 0 Å². The Bertz CT molecular complexity index is 856. The number of carbonyl (C=O) groups excluding carboxylic acids is 2. The summed E-state index contributed by atoms with van der Waals surface area (Å²) < 4.78 is 18.2. The summed E-state index contributed by atoms with van der Waals surface area (Å²) in [5.74, 6) is -2.17. The van der Waals surface area contributed by atoms with Crippen molar-refractivity contribution in [3.8, 4) is 0 Å². The third-order valence-electron chi connectivity index (χ3n) is 3.17. The number of benzene rings is 2. The zero-order valence-corrected chi connectivity index (χ0v) is 13.7. The smallest absolute Gasteiger partial charge is 0.340 e. The second kappa shape index (κ2) is 7.71. The van der Waals surface area contributed by atoms with Crippen LogP contribution in [0.1, 0.15) is 15.9 Å². The number of non-ortho nitro benzene ring substituents is 1. The molecule has 0 aromatic heterocycles. The zero-order valence-electron chi connectivity index (χ0n) is 12.9. The minimum Gasteiger partial charge on any atom is -0.452 e. The van der Waals surface area contributed by atoms with Crippen LogP contribution in [0.2, 0.25) is 5.02 Å². The molecule has 0 heterocycles. The van der Waals surface area contributed by atoms with Gasteiger partial charge in [-0.1, -0.05) is 17.7 Å². The molecule has 0 aliphatic heterocycles. The number of esters is 1. The number of rotatable bonds is 5. The van der Waals surface area contributed by atoms with Crippen molar-refractivity contribution < 1.29 is 23.6 Å². The molecule has 2 aromatic rings. The molecular formula is C16H12ClFN2O5. The van der Waals surface area contributed by atoms with E-state index in [1.165, 1.54) is 18.2 Å². The number of nitrogens with zero attached hydrogens (tertiary/aromatic N) is 1. The first-order chi connectivity index (χ1) is 11.8. The SMILES string of the molecule is Cc1ccc(NC(=O)COC(=O)c2cc([N+](=O)[O-])ccc2Cl)cc1F. The molecule has 2 aromatic carbocycles. The molecule has 1 amide bonds. The van der Waals surface area contributed by atoms with E-state index in [1.54, 1.807) is 6.92 Å². The number of hydrogen-bond acceptors (Lipinski definition) is 5. The second-order valence-electron chi connectivity index (χ2n) is 5.01. The van der Waals surface area contributed by atoms with Crippen LogP contribution in [-0.4, -0.2) is 23.4 Å². The van der Waals surface area contributed by atoms with Crippen LogP contribution in [0.15, 0.2) is 36.4 Å². The molecule has 1 N–H and O–H groups in total. The highest BCUT2D eigenvalue weighted by Crippen LogP contribution is 2.22. The largest absolute Gasteiger partial charge is 0.452 e. The van der Waals surface area contributed by atoms with Crippen LogP contribution >= 0.6 is 11.6 Å². The quantitative estimate of drug-likeness (QED) is 0.496. The van der Waals surface area contributed by atoms with Gasteiger partial charge in [0.25, 0.3) is 11.6 Å². The molecule has 0 saturated heterocycles. The Balaban J connectivity index is 1.99.